The minimum absolute atomic E-state index is 0.231. The van der Waals surface area contributed by atoms with Crippen LogP contribution in [0.4, 0.5) is 0 Å². The lowest BCUT2D eigenvalue weighted by Crippen LogP contribution is -2.47. The number of hydrogen-bond acceptors (Lipinski definition) is 4. The van der Waals surface area contributed by atoms with Crippen molar-refractivity contribution in [3.63, 3.8) is 0 Å². The van der Waals surface area contributed by atoms with Gasteiger partial charge in [0.25, 0.3) is 0 Å². The predicted molar refractivity (Wildman–Crippen MR) is 83.8 cm³/mol. The Kier molecular flexibility index (Phi) is 5.01. The van der Waals surface area contributed by atoms with Gasteiger partial charge in [-0.25, -0.2) is 0 Å². The van der Waals surface area contributed by atoms with Crippen LogP contribution in [0.2, 0.25) is 5.02 Å². The summed E-state index contributed by atoms with van der Waals surface area (Å²) in [5, 5.41) is 14.3. The Morgan fingerprint density at radius 2 is 1.95 bits per heavy atom. The number of phenolic OH excluding ortho intramolecular Hbond substituents is 1. The predicted octanol–water partition coefficient (Wildman–Crippen LogP) is 2.42. The van der Waals surface area contributed by atoms with E-state index in [1.165, 1.54) is 0 Å². The summed E-state index contributed by atoms with van der Waals surface area (Å²) in [6, 6.07) is 5.93. The van der Waals surface area contributed by atoms with Crippen LogP contribution in [-0.2, 0) is 4.74 Å². The van der Waals surface area contributed by atoms with Crippen molar-refractivity contribution >= 4 is 11.6 Å². The molecule has 0 radical (unpaired) electrons. The molecule has 1 atom stereocenters. The number of phenols is 1. The number of halogens is 1. The largest absolute Gasteiger partial charge is 0.506 e. The van der Waals surface area contributed by atoms with Crippen molar-refractivity contribution in [3.8, 4) is 5.75 Å². The highest BCUT2D eigenvalue weighted by Gasteiger charge is 2.33. The normalized spacial score (nSPS) is 23.1. The van der Waals surface area contributed by atoms with Gasteiger partial charge in [-0.05, 0) is 24.8 Å². The molecule has 21 heavy (non-hydrogen) atoms. The van der Waals surface area contributed by atoms with Crippen LogP contribution in [-0.4, -0.2) is 49.4 Å². The van der Waals surface area contributed by atoms with Crippen LogP contribution < -0.4 is 5.32 Å². The van der Waals surface area contributed by atoms with Gasteiger partial charge in [0, 0.05) is 51.0 Å². The molecule has 0 spiro atoms. The van der Waals surface area contributed by atoms with E-state index in [1.807, 2.05) is 12.1 Å². The quantitative estimate of drug-likeness (QED) is 0.900. The maximum Gasteiger partial charge on any atom is 0.138 e. The van der Waals surface area contributed by atoms with Gasteiger partial charge < -0.3 is 15.2 Å². The molecule has 0 bridgehead atoms. The van der Waals surface area contributed by atoms with E-state index in [0.29, 0.717) is 10.9 Å². The summed E-state index contributed by atoms with van der Waals surface area (Å²) in [7, 11) is 0. The minimum atomic E-state index is 0.231. The van der Waals surface area contributed by atoms with E-state index in [-0.39, 0.29) is 11.8 Å². The maximum absolute atomic E-state index is 10.4. The van der Waals surface area contributed by atoms with Crippen molar-refractivity contribution in [2.24, 2.45) is 5.92 Å². The number of piperazine rings is 1. The summed E-state index contributed by atoms with van der Waals surface area (Å²) in [4.78, 5) is 2.48. The fourth-order valence-corrected chi connectivity index (χ4v) is 3.69. The average Bonchev–Trinajstić information content (AvgIpc) is 2.54. The third kappa shape index (κ3) is 3.34. The van der Waals surface area contributed by atoms with Crippen LogP contribution in [0.25, 0.3) is 0 Å². The van der Waals surface area contributed by atoms with Gasteiger partial charge in [-0.2, -0.15) is 0 Å². The Morgan fingerprint density at radius 3 is 2.67 bits per heavy atom. The number of nitrogens with zero attached hydrogens (tertiary/aromatic N) is 1. The van der Waals surface area contributed by atoms with Crippen molar-refractivity contribution < 1.29 is 9.84 Å². The Balaban J connectivity index is 1.91. The minimum Gasteiger partial charge on any atom is -0.506 e. The molecule has 0 unspecified atom stereocenters. The molecule has 0 aliphatic carbocycles. The number of benzene rings is 1. The molecule has 0 saturated carbocycles. The first-order valence-electron chi connectivity index (χ1n) is 7.77. The van der Waals surface area contributed by atoms with Gasteiger partial charge in [-0.15, -0.1) is 0 Å². The molecule has 2 N–H and O–H groups in total. The Bertz CT molecular complexity index is 453. The average molecular weight is 311 g/mol. The highest BCUT2D eigenvalue weighted by Crippen LogP contribution is 2.41. The first-order valence-corrected chi connectivity index (χ1v) is 8.15. The maximum atomic E-state index is 10.4. The van der Waals surface area contributed by atoms with Gasteiger partial charge in [0.1, 0.15) is 5.75 Å². The molecule has 116 valence electrons. The van der Waals surface area contributed by atoms with E-state index in [1.54, 1.807) is 6.07 Å². The Hall–Kier alpha value is -0.810. The molecule has 2 fully saturated rings. The Morgan fingerprint density at radius 1 is 1.24 bits per heavy atom. The van der Waals surface area contributed by atoms with Crippen LogP contribution >= 0.6 is 11.6 Å². The molecule has 2 saturated heterocycles. The second kappa shape index (κ2) is 6.97. The van der Waals surface area contributed by atoms with E-state index in [4.69, 9.17) is 16.3 Å². The molecular weight excluding hydrogens is 288 g/mol. The molecule has 5 heteroatoms. The number of ether oxygens (including phenoxy) is 1. The number of nitrogens with one attached hydrogen (secondary N) is 1. The monoisotopic (exact) mass is 310 g/mol. The first-order chi connectivity index (χ1) is 10.3. The van der Waals surface area contributed by atoms with Gasteiger partial charge in [0.2, 0.25) is 0 Å². The third-order valence-electron chi connectivity index (χ3n) is 4.59. The van der Waals surface area contributed by atoms with E-state index < -0.39 is 0 Å². The van der Waals surface area contributed by atoms with Gasteiger partial charge in [-0.1, -0.05) is 23.7 Å². The zero-order chi connectivity index (χ0) is 14.7. The van der Waals surface area contributed by atoms with Gasteiger partial charge >= 0.3 is 0 Å². The summed E-state index contributed by atoms with van der Waals surface area (Å²) in [6.45, 7) is 5.65. The van der Waals surface area contributed by atoms with Crippen LogP contribution in [0.3, 0.4) is 0 Å². The number of rotatable bonds is 3. The molecule has 2 heterocycles. The van der Waals surface area contributed by atoms with Crippen LogP contribution in [0.1, 0.15) is 24.4 Å². The zero-order valence-electron chi connectivity index (χ0n) is 12.2. The SMILES string of the molecule is Oc1c(Cl)cccc1[C@@H](C1CCOCC1)N1CCNCC1. The number of para-hydroxylation sites is 1. The first kappa shape index (κ1) is 15.1. The molecule has 2 aliphatic rings. The molecule has 0 amide bonds. The summed E-state index contributed by atoms with van der Waals surface area (Å²) in [6.07, 6.45) is 2.08. The highest BCUT2D eigenvalue weighted by molar-refractivity contribution is 6.32. The second-order valence-electron chi connectivity index (χ2n) is 5.86. The summed E-state index contributed by atoms with van der Waals surface area (Å²) in [5.41, 5.74) is 0.969. The molecular formula is C16H23ClN2O2. The van der Waals surface area contributed by atoms with Crippen molar-refractivity contribution in [3.05, 3.63) is 28.8 Å². The standard InChI is InChI=1S/C16H23ClN2O2/c17-14-3-1-2-13(16(14)20)15(12-4-10-21-11-5-12)19-8-6-18-7-9-19/h1-3,12,15,18,20H,4-11H2/t15-/m1/s1. The lowest BCUT2D eigenvalue weighted by molar-refractivity contribution is 0.0206. The Labute approximate surface area is 131 Å². The third-order valence-corrected chi connectivity index (χ3v) is 4.90. The van der Waals surface area contributed by atoms with Crippen molar-refractivity contribution in [1.82, 2.24) is 10.2 Å². The lowest BCUT2D eigenvalue weighted by atomic mass is 9.85. The van der Waals surface area contributed by atoms with Gasteiger partial charge in [0.15, 0.2) is 0 Å². The molecule has 1 aromatic carbocycles. The van der Waals surface area contributed by atoms with Crippen molar-refractivity contribution in [2.45, 2.75) is 18.9 Å². The fourth-order valence-electron chi connectivity index (χ4n) is 3.51. The van der Waals surface area contributed by atoms with E-state index in [2.05, 4.69) is 10.2 Å². The number of hydrogen-bond donors (Lipinski definition) is 2. The molecule has 2 aliphatic heterocycles. The lowest BCUT2D eigenvalue weighted by Gasteiger charge is -2.41. The molecule has 4 nitrogen and oxygen atoms in total. The van der Waals surface area contributed by atoms with Crippen LogP contribution in [0, 0.1) is 5.92 Å². The van der Waals surface area contributed by atoms with Crippen LogP contribution in [0.15, 0.2) is 18.2 Å². The molecule has 0 aromatic heterocycles. The van der Waals surface area contributed by atoms with E-state index in [0.717, 1.165) is 57.8 Å². The van der Waals surface area contributed by atoms with E-state index in [9.17, 15) is 5.11 Å². The summed E-state index contributed by atoms with van der Waals surface area (Å²) >= 11 is 6.13. The zero-order valence-corrected chi connectivity index (χ0v) is 13.0. The van der Waals surface area contributed by atoms with E-state index >= 15 is 0 Å². The summed E-state index contributed by atoms with van der Waals surface area (Å²) < 4.78 is 5.51. The molecule has 1 aromatic rings. The highest BCUT2D eigenvalue weighted by atomic mass is 35.5. The van der Waals surface area contributed by atoms with Gasteiger partial charge in [-0.3, -0.25) is 4.90 Å². The fraction of sp³-hybridized carbons (Fsp3) is 0.625. The van der Waals surface area contributed by atoms with Crippen molar-refractivity contribution in [1.29, 1.82) is 0 Å². The molecule has 3 rings (SSSR count). The topological polar surface area (TPSA) is 44.7 Å². The van der Waals surface area contributed by atoms with Crippen molar-refractivity contribution in [2.75, 3.05) is 39.4 Å². The summed E-state index contributed by atoms with van der Waals surface area (Å²) in [5.74, 6) is 0.760. The van der Waals surface area contributed by atoms with Crippen LogP contribution in [0.5, 0.6) is 5.75 Å². The number of aromatic hydroxyl groups is 1. The smallest absolute Gasteiger partial charge is 0.138 e. The van der Waals surface area contributed by atoms with Gasteiger partial charge in [0.05, 0.1) is 5.02 Å². The second-order valence-corrected chi connectivity index (χ2v) is 6.27.